The summed E-state index contributed by atoms with van der Waals surface area (Å²) in [7, 11) is 0. The Morgan fingerprint density at radius 3 is 2.33 bits per heavy atom. The van der Waals surface area contributed by atoms with Gasteiger partial charge in [0.15, 0.2) is 0 Å². The third kappa shape index (κ3) is 2.20. The molecule has 1 aliphatic rings. The summed E-state index contributed by atoms with van der Waals surface area (Å²) in [5.74, 6) is 0.130. The van der Waals surface area contributed by atoms with E-state index in [0.717, 1.165) is 13.0 Å². The molecule has 1 atom stereocenters. The summed E-state index contributed by atoms with van der Waals surface area (Å²) < 4.78 is 1.55. The van der Waals surface area contributed by atoms with Gasteiger partial charge in [-0.05, 0) is 6.42 Å². The molecule has 1 unspecified atom stereocenters. The molecule has 1 fully saturated rings. The molecular weight excluding hydrogens is 318 g/mol. The minimum Gasteiger partial charge on any atom is -0.278 e. The molecule has 0 bridgehead atoms. The molecule has 1 saturated heterocycles. The van der Waals surface area contributed by atoms with Crippen LogP contribution in [0.4, 0.5) is 0 Å². The van der Waals surface area contributed by atoms with Crippen molar-refractivity contribution in [1.29, 1.82) is 0 Å². The molecule has 0 spiro atoms. The smallest absolute Gasteiger partial charge is 0.246 e. The van der Waals surface area contributed by atoms with Crippen molar-refractivity contribution in [2.75, 3.05) is 6.54 Å². The highest BCUT2D eigenvalue weighted by atomic mass is 79.9. The molecule has 1 rings (SSSR count). The molecule has 0 saturated carbocycles. The first kappa shape index (κ1) is 9.91. The van der Waals surface area contributed by atoms with Crippen molar-refractivity contribution in [3.63, 3.8) is 0 Å². The Bertz CT molecular complexity index is 106. The van der Waals surface area contributed by atoms with Crippen molar-refractivity contribution in [2.24, 2.45) is 0 Å². The summed E-state index contributed by atoms with van der Waals surface area (Å²) in [4.78, 5) is 10.8. The second kappa shape index (κ2) is 3.93. The van der Waals surface area contributed by atoms with Gasteiger partial charge in [-0.1, -0.05) is 15.9 Å². The summed E-state index contributed by atoms with van der Waals surface area (Å²) in [6.45, 7) is 0.814. The van der Waals surface area contributed by atoms with Gasteiger partial charge in [0, 0.05) is 6.54 Å². The Morgan fingerprint density at radius 2 is 2.22 bits per heavy atom. The molecule has 1 amide bonds. The van der Waals surface area contributed by atoms with E-state index >= 15 is 0 Å². The topological polar surface area (TPSA) is 20.3 Å². The van der Waals surface area contributed by atoms with Gasteiger partial charge >= 0.3 is 0 Å². The second-order valence-electron chi connectivity index (χ2n) is 1.68. The lowest BCUT2D eigenvalue weighted by Crippen LogP contribution is -2.16. The molecule has 5 heteroatoms. The fourth-order valence-corrected chi connectivity index (χ4v) is 1.79. The number of rotatable bonds is 0. The van der Waals surface area contributed by atoms with Gasteiger partial charge in [0.05, 0.1) is 21.0 Å². The van der Waals surface area contributed by atoms with Crippen LogP contribution in [0, 0.1) is 0 Å². The molecule has 0 aromatic rings. The zero-order chi connectivity index (χ0) is 6.15. The third-order valence-corrected chi connectivity index (χ3v) is 2.64. The Morgan fingerprint density at radius 1 is 1.67 bits per heavy atom. The van der Waals surface area contributed by atoms with Gasteiger partial charge in [-0.3, -0.25) is 8.72 Å². The number of amides is 1. The largest absolute Gasteiger partial charge is 0.278 e. The number of carbonyl (C=O) groups is 1. The van der Waals surface area contributed by atoms with Crippen molar-refractivity contribution in [3.8, 4) is 0 Å². The molecule has 0 radical (unpaired) electrons. The summed E-state index contributed by atoms with van der Waals surface area (Å²) in [5, 5.41) is 0. The van der Waals surface area contributed by atoms with E-state index in [0.29, 0.717) is 0 Å². The highest BCUT2D eigenvalue weighted by Gasteiger charge is 2.27. The van der Waals surface area contributed by atoms with Crippen LogP contribution in [0.5, 0.6) is 0 Å². The van der Waals surface area contributed by atoms with E-state index < -0.39 is 0 Å². The lowest BCUT2D eigenvalue weighted by atomic mass is 10.4. The molecule has 54 valence electrons. The predicted octanol–water partition coefficient (Wildman–Crippen LogP) is 1.87. The fourth-order valence-electron chi connectivity index (χ4n) is 0.612. The Kier molecular flexibility index (Phi) is 4.33. The first-order valence-corrected chi connectivity index (χ1v) is 3.95. The first-order chi connectivity index (χ1) is 3.72. The molecule has 1 heterocycles. The van der Waals surface area contributed by atoms with Gasteiger partial charge < -0.3 is 0 Å². The maximum Gasteiger partial charge on any atom is 0.246 e. The van der Waals surface area contributed by atoms with E-state index in [2.05, 4.69) is 32.1 Å². The van der Waals surface area contributed by atoms with Gasteiger partial charge in [-0.25, -0.2) is 0 Å². The normalized spacial score (nSPS) is 26.2. The van der Waals surface area contributed by atoms with E-state index in [-0.39, 0.29) is 27.7 Å². The predicted molar refractivity (Wildman–Crippen MR) is 48.3 cm³/mol. The lowest BCUT2D eigenvalue weighted by molar-refractivity contribution is -0.122. The summed E-state index contributed by atoms with van der Waals surface area (Å²) >= 11 is 6.32. The summed E-state index contributed by atoms with van der Waals surface area (Å²) in [5.41, 5.74) is 0. The number of alkyl halides is 1. The Hall–Kier alpha value is 0.910. The average molecular weight is 324 g/mol. The molecule has 9 heavy (non-hydrogen) atoms. The van der Waals surface area contributed by atoms with Crippen molar-refractivity contribution in [1.82, 2.24) is 3.93 Å². The number of hydrogen-bond acceptors (Lipinski definition) is 1. The van der Waals surface area contributed by atoms with E-state index in [9.17, 15) is 4.79 Å². The van der Waals surface area contributed by atoms with Crippen molar-refractivity contribution < 1.29 is 4.79 Å². The number of halogens is 3. The van der Waals surface area contributed by atoms with Gasteiger partial charge in [0.2, 0.25) is 5.91 Å². The van der Waals surface area contributed by atoms with Crippen LogP contribution in [0.25, 0.3) is 0 Å². The van der Waals surface area contributed by atoms with E-state index in [4.69, 9.17) is 0 Å². The first-order valence-electron chi connectivity index (χ1n) is 2.33. The molecule has 2 nitrogen and oxygen atoms in total. The lowest BCUT2D eigenvalue weighted by Gasteiger charge is -2.00. The minimum absolute atomic E-state index is 0. The Balaban J connectivity index is 0.000000640. The standard InChI is InChI=1S/C4H5Br2NO.BrH/c5-3-1-2-7(6)4(3)8;/h3H,1-2H2;1H. The van der Waals surface area contributed by atoms with E-state index in [1.807, 2.05) is 0 Å². The minimum atomic E-state index is 0. The van der Waals surface area contributed by atoms with Gasteiger partial charge in [-0.2, -0.15) is 0 Å². The van der Waals surface area contributed by atoms with Crippen molar-refractivity contribution in [3.05, 3.63) is 0 Å². The summed E-state index contributed by atoms with van der Waals surface area (Å²) in [6, 6.07) is 0. The third-order valence-electron chi connectivity index (χ3n) is 1.09. The van der Waals surface area contributed by atoms with E-state index in [1.165, 1.54) is 0 Å². The van der Waals surface area contributed by atoms with Crippen LogP contribution >= 0.6 is 49.1 Å². The van der Waals surface area contributed by atoms with Crippen molar-refractivity contribution >= 4 is 55.0 Å². The van der Waals surface area contributed by atoms with Crippen LogP contribution in [0.3, 0.4) is 0 Å². The molecule has 1 aliphatic heterocycles. The molecule has 0 aliphatic carbocycles. The number of nitrogens with zero attached hydrogens (tertiary/aromatic N) is 1. The number of carbonyl (C=O) groups excluding carboxylic acids is 1. The van der Waals surface area contributed by atoms with Crippen molar-refractivity contribution in [2.45, 2.75) is 11.2 Å². The quantitative estimate of drug-likeness (QED) is 0.492. The van der Waals surface area contributed by atoms with Gasteiger partial charge in [0.25, 0.3) is 0 Å². The highest BCUT2D eigenvalue weighted by molar-refractivity contribution is 9.10. The average Bonchev–Trinajstić information content (AvgIpc) is 1.98. The fraction of sp³-hybridized carbons (Fsp3) is 0.750. The van der Waals surface area contributed by atoms with Crippen LogP contribution in [0.2, 0.25) is 0 Å². The number of hydrogen-bond donors (Lipinski definition) is 0. The van der Waals surface area contributed by atoms with Crippen LogP contribution in [-0.2, 0) is 4.79 Å². The highest BCUT2D eigenvalue weighted by Crippen LogP contribution is 2.20. The molecule has 0 aromatic carbocycles. The Labute approximate surface area is 81.2 Å². The maximum atomic E-state index is 10.7. The maximum absolute atomic E-state index is 10.7. The van der Waals surface area contributed by atoms with Gasteiger partial charge in [0.1, 0.15) is 0 Å². The zero-order valence-corrected chi connectivity index (χ0v) is 9.40. The molecular formula is C4H6Br3NO. The van der Waals surface area contributed by atoms with Gasteiger partial charge in [-0.15, -0.1) is 17.0 Å². The second-order valence-corrected chi connectivity index (χ2v) is 3.64. The van der Waals surface area contributed by atoms with E-state index in [1.54, 1.807) is 3.93 Å². The van der Waals surface area contributed by atoms with Crippen LogP contribution in [-0.4, -0.2) is 21.2 Å². The molecule has 0 N–H and O–H groups in total. The van der Waals surface area contributed by atoms with Crippen LogP contribution in [0.15, 0.2) is 0 Å². The monoisotopic (exact) mass is 321 g/mol. The van der Waals surface area contributed by atoms with Crippen LogP contribution < -0.4 is 0 Å². The van der Waals surface area contributed by atoms with Crippen LogP contribution in [0.1, 0.15) is 6.42 Å². The molecule has 0 aromatic heterocycles. The zero-order valence-electron chi connectivity index (χ0n) is 4.51. The SMILES string of the molecule is Br.O=C1C(Br)CCN1Br. The summed E-state index contributed by atoms with van der Waals surface area (Å²) in [6.07, 6.45) is 0.907.